The van der Waals surface area contributed by atoms with Gasteiger partial charge in [0.2, 0.25) is 0 Å². The van der Waals surface area contributed by atoms with Crippen LogP contribution in [0.1, 0.15) is 30.1 Å². The Bertz CT molecular complexity index is 975. The molecule has 1 aliphatic heterocycles. The van der Waals surface area contributed by atoms with Gasteiger partial charge in [-0.1, -0.05) is 18.2 Å². The van der Waals surface area contributed by atoms with Gasteiger partial charge < -0.3 is 14.1 Å². The zero-order valence-corrected chi connectivity index (χ0v) is 15.1. The van der Waals surface area contributed by atoms with Crippen LogP contribution in [0.25, 0.3) is 22.4 Å². The molecule has 0 N–H and O–H groups in total. The van der Waals surface area contributed by atoms with Gasteiger partial charge in [-0.15, -0.1) is 0 Å². The molecule has 3 heterocycles. The molecule has 1 saturated heterocycles. The van der Waals surface area contributed by atoms with Gasteiger partial charge >= 0.3 is 5.97 Å². The van der Waals surface area contributed by atoms with Crippen LogP contribution >= 0.6 is 0 Å². The molecule has 1 fully saturated rings. The summed E-state index contributed by atoms with van der Waals surface area (Å²) in [4.78, 5) is 31.6. The summed E-state index contributed by atoms with van der Waals surface area (Å²) in [7, 11) is 0. The van der Waals surface area contributed by atoms with Gasteiger partial charge in [-0.05, 0) is 44.0 Å². The summed E-state index contributed by atoms with van der Waals surface area (Å²) < 4.78 is 10.9. The Labute approximate surface area is 156 Å². The highest BCUT2D eigenvalue weighted by Crippen LogP contribution is 2.26. The smallest absolute Gasteiger partial charge is 0.339 e. The van der Waals surface area contributed by atoms with Gasteiger partial charge in [-0.3, -0.25) is 4.79 Å². The average Bonchev–Trinajstić information content (AvgIpc) is 3.40. The van der Waals surface area contributed by atoms with Gasteiger partial charge in [0.15, 0.2) is 11.9 Å². The third-order valence-corrected chi connectivity index (χ3v) is 4.76. The van der Waals surface area contributed by atoms with E-state index in [1.807, 2.05) is 24.3 Å². The van der Waals surface area contributed by atoms with Gasteiger partial charge in [0.25, 0.3) is 5.91 Å². The number of carbonyl (C=O) groups is 2. The van der Waals surface area contributed by atoms with E-state index in [2.05, 4.69) is 4.98 Å². The minimum atomic E-state index is -0.824. The maximum atomic E-state index is 12.9. The maximum absolute atomic E-state index is 12.9. The molecule has 0 spiro atoms. The summed E-state index contributed by atoms with van der Waals surface area (Å²) in [6.07, 6.45) is 2.72. The molecule has 1 aromatic carbocycles. The summed E-state index contributed by atoms with van der Waals surface area (Å²) in [6, 6.07) is 12.5. The second kappa shape index (κ2) is 7.23. The molecular formula is C21H20N2O4. The molecule has 0 radical (unpaired) electrons. The molecule has 3 aromatic rings. The Morgan fingerprint density at radius 2 is 1.93 bits per heavy atom. The summed E-state index contributed by atoms with van der Waals surface area (Å²) in [5.74, 6) is -0.122. The third kappa shape index (κ3) is 3.43. The number of nitrogens with zero attached hydrogens (tertiary/aromatic N) is 2. The van der Waals surface area contributed by atoms with E-state index in [0.717, 1.165) is 25.9 Å². The standard InChI is InChI=1S/C21H20N2O4/c1-14(20(24)23-10-4-5-11-23)27-21(25)16-13-18(19-9-6-12-26-19)22-17-8-3-2-7-15(16)17/h2-3,6-9,12-14H,4-5,10-11H2,1H3/t14-/m1/s1. The lowest BCUT2D eigenvalue weighted by Gasteiger charge is -2.20. The van der Waals surface area contributed by atoms with Crippen LogP contribution in [0, 0.1) is 0 Å². The van der Waals surface area contributed by atoms with Crippen molar-refractivity contribution in [3.63, 3.8) is 0 Å². The number of aromatic nitrogens is 1. The van der Waals surface area contributed by atoms with E-state index in [1.54, 1.807) is 36.3 Å². The number of ether oxygens (including phenoxy) is 1. The van der Waals surface area contributed by atoms with Crippen LogP contribution in [0.3, 0.4) is 0 Å². The minimum absolute atomic E-state index is 0.148. The molecule has 6 heteroatoms. The molecule has 1 atom stereocenters. The molecule has 0 aliphatic carbocycles. The number of rotatable bonds is 4. The van der Waals surface area contributed by atoms with E-state index in [-0.39, 0.29) is 5.91 Å². The van der Waals surface area contributed by atoms with E-state index in [0.29, 0.717) is 27.9 Å². The first kappa shape index (κ1) is 17.3. The number of likely N-dealkylation sites (tertiary alicyclic amines) is 1. The number of pyridine rings is 1. The molecule has 6 nitrogen and oxygen atoms in total. The van der Waals surface area contributed by atoms with Gasteiger partial charge in [0.1, 0.15) is 5.69 Å². The van der Waals surface area contributed by atoms with Crippen LogP contribution in [0.15, 0.2) is 53.1 Å². The van der Waals surface area contributed by atoms with Gasteiger partial charge in [0, 0.05) is 18.5 Å². The van der Waals surface area contributed by atoms with Gasteiger partial charge in [-0.25, -0.2) is 9.78 Å². The largest absolute Gasteiger partial charge is 0.463 e. The first-order valence-electron chi connectivity index (χ1n) is 9.07. The topological polar surface area (TPSA) is 72.6 Å². The second-order valence-corrected chi connectivity index (χ2v) is 6.63. The lowest BCUT2D eigenvalue weighted by Crippen LogP contribution is -2.38. The summed E-state index contributed by atoms with van der Waals surface area (Å²) in [6.45, 7) is 3.07. The lowest BCUT2D eigenvalue weighted by atomic mass is 10.1. The summed E-state index contributed by atoms with van der Waals surface area (Å²) in [5.41, 5.74) is 1.58. The fraction of sp³-hybridized carbons (Fsp3) is 0.286. The highest BCUT2D eigenvalue weighted by atomic mass is 16.5. The van der Waals surface area contributed by atoms with Crippen LogP contribution < -0.4 is 0 Å². The van der Waals surface area contributed by atoms with Crippen LogP contribution in [-0.4, -0.2) is 41.0 Å². The molecular weight excluding hydrogens is 344 g/mol. The van der Waals surface area contributed by atoms with E-state index < -0.39 is 12.1 Å². The zero-order chi connectivity index (χ0) is 18.8. The Balaban J connectivity index is 1.65. The molecule has 0 bridgehead atoms. The highest BCUT2D eigenvalue weighted by Gasteiger charge is 2.27. The minimum Gasteiger partial charge on any atom is -0.463 e. The number of hydrogen-bond acceptors (Lipinski definition) is 5. The summed E-state index contributed by atoms with van der Waals surface area (Å²) in [5, 5.41) is 0.679. The Hall–Kier alpha value is -3.15. The molecule has 27 heavy (non-hydrogen) atoms. The van der Waals surface area contributed by atoms with Gasteiger partial charge in [0.05, 0.1) is 17.3 Å². The predicted molar refractivity (Wildman–Crippen MR) is 100 cm³/mol. The lowest BCUT2D eigenvalue weighted by molar-refractivity contribution is -0.138. The van der Waals surface area contributed by atoms with Crippen LogP contribution in [0.2, 0.25) is 0 Å². The van der Waals surface area contributed by atoms with E-state index in [1.165, 1.54) is 0 Å². The molecule has 1 aliphatic rings. The quantitative estimate of drug-likeness (QED) is 0.661. The number of amides is 1. The monoisotopic (exact) mass is 364 g/mol. The Morgan fingerprint density at radius 1 is 1.15 bits per heavy atom. The number of esters is 1. The number of fused-ring (bicyclic) bond motifs is 1. The summed E-state index contributed by atoms with van der Waals surface area (Å²) >= 11 is 0. The second-order valence-electron chi connectivity index (χ2n) is 6.63. The van der Waals surface area contributed by atoms with Crippen LogP contribution in [0.5, 0.6) is 0 Å². The first-order valence-corrected chi connectivity index (χ1v) is 9.07. The molecule has 1 amide bonds. The fourth-order valence-corrected chi connectivity index (χ4v) is 3.36. The van der Waals surface area contributed by atoms with Crippen molar-refractivity contribution < 1.29 is 18.7 Å². The molecule has 138 valence electrons. The number of benzene rings is 1. The van der Waals surface area contributed by atoms with E-state index in [9.17, 15) is 9.59 Å². The van der Waals surface area contributed by atoms with Crippen molar-refractivity contribution >= 4 is 22.8 Å². The van der Waals surface area contributed by atoms with Crippen LogP contribution in [0.4, 0.5) is 0 Å². The van der Waals surface area contributed by atoms with Crippen molar-refractivity contribution in [2.45, 2.75) is 25.9 Å². The molecule has 0 unspecified atom stereocenters. The van der Waals surface area contributed by atoms with Crippen molar-refractivity contribution in [2.24, 2.45) is 0 Å². The Morgan fingerprint density at radius 3 is 2.67 bits per heavy atom. The number of hydrogen-bond donors (Lipinski definition) is 0. The van der Waals surface area contributed by atoms with Crippen molar-refractivity contribution in [2.75, 3.05) is 13.1 Å². The Kier molecular flexibility index (Phi) is 4.62. The maximum Gasteiger partial charge on any atom is 0.339 e. The highest BCUT2D eigenvalue weighted by molar-refractivity contribution is 6.05. The van der Waals surface area contributed by atoms with Crippen molar-refractivity contribution in [1.29, 1.82) is 0 Å². The third-order valence-electron chi connectivity index (χ3n) is 4.76. The number of carbonyl (C=O) groups excluding carboxylic acids is 2. The van der Waals surface area contributed by atoms with E-state index in [4.69, 9.17) is 9.15 Å². The zero-order valence-electron chi connectivity index (χ0n) is 15.1. The van der Waals surface area contributed by atoms with Crippen molar-refractivity contribution in [3.8, 4) is 11.5 Å². The van der Waals surface area contributed by atoms with Crippen LogP contribution in [-0.2, 0) is 9.53 Å². The average molecular weight is 364 g/mol. The normalized spacial score (nSPS) is 15.1. The number of furan rings is 1. The van der Waals surface area contributed by atoms with E-state index >= 15 is 0 Å². The molecule has 4 rings (SSSR count). The van der Waals surface area contributed by atoms with Crippen molar-refractivity contribution in [1.82, 2.24) is 9.88 Å². The first-order chi connectivity index (χ1) is 13.1. The molecule has 0 saturated carbocycles. The predicted octanol–water partition coefficient (Wildman–Crippen LogP) is 3.66. The SMILES string of the molecule is C[C@@H](OC(=O)c1cc(-c2ccco2)nc2ccccc12)C(=O)N1CCCC1. The van der Waals surface area contributed by atoms with Crippen molar-refractivity contribution in [3.05, 3.63) is 54.3 Å². The number of para-hydroxylation sites is 1. The fourth-order valence-electron chi connectivity index (χ4n) is 3.36. The van der Waals surface area contributed by atoms with Gasteiger partial charge in [-0.2, -0.15) is 0 Å². The molecule has 2 aromatic heterocycles.